The minimum Gasteiger partial charge on any atom is -0.386 e. The van der Waals surface area contributed by atoms with Crippen molar-refractivity contribution in [3.63, 3.8) is 0 Å². The normalized spacial score (nSPS) is 21.3. The van der Waals surface area contributed by atoms with Crippen molar-refractivity contribution in [1.29, 1.82) is 0 Å². The van der Waals surface area contributed by atoms with Crippen LogP contribution in [0.1, 0.15) is 55.9 Å². The summed E-state index contributed by atoms with van der Waals surface area (Å²) in [5.41, 5.74) is 7.71. The van der Waals surface area contributed by atoms with Gasteiger partial charge in [0.05, 0.1) is 5.69 Å². The van der Waals surface area contributed by atoms with Gasteiger partial charge in [-0.25, -0.2) is 0 Å². The fourth-order valence-corrected chi connectivity index (χ4v) is 2.98. The molecule has 1 aliphatic carbocycles. The lowest BCUT2D eigenvalue weighted by molar-refractivity contribution is 0.0135. The number of rotatable bonds is 3. The molecule has 0 spiro atoms. The Morgan fingerprint density at radius 2 is 1.94 bits per heavy atom. The van der Waals surface area contributed by atoms with E-state index in [1.54, 1.807) is 0 Å². The van der Waals surface area contributed by atoms with Crippen molar-refractivity contribution in [1.82, 2.24) is 4.98 Å². The quantitative estimate of drug-likeness (QED) is 0.809. The van der Waals surface area contributed by atoms with Crippen molar-refractivity contribution < 1.29 is 5.11 Å². The molecule has 100 valence electrons. The number of aliphatic hydroxyl groups is 1. The summed E-state index contributed by atoms with van der Waals surface area (Å²) in [6.45, 7) is 2.55. The Morgan fingerprint density at radius 3 is 2.44 bits per heavy atom. The van der Waals surface area contributed by atoms with E-state index in [0.717, 1.165) is 24.1 Å². The highest BCUT2D eigenvalue weighted by Gasteiger charge is 2.38. The molecule has 1 fully saturated rings. The summed E-state index contributed by atoms with van der Waals surface area (Å²) in [6, 6.07) is 3.94. The molecule has 1 heterocycles. The molecule has 18 heavy (non-hydrogen) atoms. The molecular weight excluding hydrogens is 224 g/mol. The lowest BCUT2D eigenvalue weighted by atomic mass is 9.74. The van der Waals surface area contributed by atoms with Crippen LogP contribution in [-0.4, -0.2) is 16.6 Å². The van der Waals surface area contributed by atoms with Crippen LogP contribution in [0.25, 0.3) is 0 Å². The summed E-state index contributed by atoms with van der Waals surface area (Å²) in [4.78, 5) is 4.37. The van der Waals surface area contributed by atoms with Gasteiger partial charge in [-0.3, -0.25) is 4.98 Å². The van der Waals surface area contributed by atoms with Crippen LogP contribution in [0.15, 0.2) is 18.3 Å². The van der Waals surface area contributed by atoms with E-state index in [1.165, 1.54) is 25.7 Å². The van der Waals surface area contributed by atoms with Gasteiger partial charge in [0, 0.05) is 18.2 Å². The Morgan fingerprint density at radius 1 is 1.28 bits per heavy atom. The van der Waals surface area contributed by atoms with E-state index in [9.17, 15) is 5.11 Å². The highest BCUT2D eigenvalue weighted by Crippen LogP contribution is 2.43. The van der Waals surface area contributed by atoms with Gasteiger partial charge in [0.25, 0.3) is 0 Å². The predicted molar refractivity (Wildman–Crippen MR) is 73.1 cm³/mol. The van der Waals surface area contributed by atoms with E-state index < -0.39 is 6.10 Å². The Hall–Kier alpha value is -0.930. The molecule has 0 aliphatic heterocycles. The number of hydrogen-bond acceptors (Lipinski definition) is 3. The summed E-state index contributed by atoms with van der Waals surface area (Å²) in [5.74, 6) is 0. The maximum absolute atomic E-state index is 10.7. The molecule has 0 bridgehead atoms. The molecule has 1 aromatic heterocycles. The lowest BCUT2D eigenvalue weighted by Gasteiger charge is -2.36. The smallest absolute Gasteiger partial charge is 0.103 e. The first kappa shape index (κ1) is 13.5. The zero-order valence-corrected chi connectivity index (χ0v) is 11.2. The van der Waals surface area contributed by atoms with Gasteiger partial charge in [-0.1, -0.05) is 31.7 Å². The third-order valence-corrected chi connectivity index (χ3v) is 4.30. The van der Waals surface area contributed by atoms with Gasteiger partial charge in [0.2, 0.25) is 0 Å². The number of nitrogens with zero attached hydrogens (tertiary/aromatic N) is 1. The molecule has 0 radical (unpaired) electrons. The van der Waals surface area contributed by atoms with Crippen LogP contribution in [0.2, 0.25) is 0 Å². The summed E-state index contributed by atoms with van der Waals surface area (Å²) in [6.07, 6.45) is 8.17. The number of aliphatic hydroxyl groups excluding tert-OH is 1. The van der Waals surface area contributed by atoms with Gasteiger partial charge in [-0.15, -0.1) is 0 Å². The second-order valence-corrected chi connectivity index (χ2v) is 5.64. The average Bonchev–Trinajstić information content (AvgIpc) is 2.65. The Balaban J connectivity index is 2.22. The molecule has 0 aromatic carbocycles. The van der Waals surface area contributed by atoms with Crippen molar-refractivity contribution in [3.05, 3.63) is 29.6 Å². The molecule has 0 saturated heterocycles. The first-order chi connectivity index (χ1) is 8.68. The van der Waals surface area contributed by atoms with Crippen LogP contribution in [0.4, 0.5) is 0 Å². The highest BCUT2D eigenvalue weighted by molar-refractivity contribution is 5.16. The predicted octanol–water partition coefficient (Wildman–Crippen LogP) is 2.72. The van der Waals surface area contributed by atoms with E-state index in [-0.39, 0.29) is 5.41 Å². The summed E-state index contributed by atoms with van der Waals surface area (Å²) < 4.78 is 0. The van der Waals surface area contributed by atoms with Gasteiger partial charge in [0.1, 0.15) is 6.10 Å². The van der Waals surface area contributed by atoms with Gasteiger partial charge >= 0.3 is 0 Å². The van der Waals surface area contributed by atoms with Gasteiger partial charge in [0.15, 0.2) is 0 Å². The molecule has 1 aliphatic rings. The fourth-order valence-electron chi connectivity index (χ4n) is 2.98. The second-order valence-electron chi connectivity index (χ2n) is 5.64. The third kappa shape index (κ3) is 2.73. The average molecular weight is 248 g/mol. The maximum atomic E-state index is 10.7. The molecule has 3 N–H and O–H groups in total. The monoisotopic (exact) mass is 248 g/mol. The van der Waals surface area contributed by atoms with Crippen LogP contribution in [-0.2, 0) is 0 Å². The van der Waals surface area contributed by atoms with Crippen molar-refractivity contribution in [2.45, 2.75) is 51.6 Å². The second kappa shape index (κ2) is 5.81. The summed E-state index contributed by atoms with van der Waals surface area (Å²) in [7, 11) is 0. The van der Waals surface area contributed by atoms with Gasteiger partial charge in [-0.05, 0) is 31.4 Å². The first-order valence-electron chi connectivity index (χ1n) is 6.99. The lowest BCUT2D eigenvalue weighted by Crippen LogP contribution is -2.36. The SMILES string of the molecule is Cc1ccc(C(O)C2(CN)CCCCCC2)nc1. The molecule has 3 heteroatoms. The summed E-state index contributed by atoms with van der Waals surface area (Å²) in [5, 5.41) is 10.7. The molecule has 1 aromatic rings. The van der Waals surface area contributed by atoms with E-state index >= 15 is 0 Å². The summed E-state index contributed by atoms with van der Waals surface area (Å²) >= 11 is 0. The minimum atomic E-state index is -0.527. The van der Waals surface area contributed by atoms with E-state index in [0.29, 0.717) is 6.54 Å². The molecule has 1 unspecified atom stereocenters. The Bertz CT molecular complexity index is 367. The number of pyridine rings is 1. The number of nitrogens with two attached hydrogens (primary N) is 1. The third-order valence-electron chi connectivity index (χ3n) is 4.30. The van der Waals surface area contributed by atoms with E-state index in [1.807, 2.05) is 25.3 Å². The molecule has 2 rings (SSSR count). The zero-order valence-electron chi connectivity index (χ0n) is 11.2. The standard InChI is InChI=1S/C15H24N2O/c1-12-6-7-13(17-10-12)14(18)15(11-16)8-4-2-3-5-9-15/h6-7,10,14,18H,2-5,8-9,11,16H2,1H3. The van der Waals surface area contributed by atoms with E-state index in [4.69, 9.17) is 5.73 Å². The number of aromatic nitrogens is 1. The molecule has 3 nitrogen and oxygen atoms in total. The topological polar surface area (TPSA) is 59.1 Å². The van der Waals surface area contributed by atoms with Crippen molar-refractivity contribution in [2.75, 3.05) is 6.54 Å². The van der Waals surface area contributed by atoms with Crippen LogP contribution in [0.3, 0.4) is 0 Å². The van der Waals surface area contributed by atoms with Crippen LogP contribution >= 0.6 is 0 Å². The first-order valence-corrected chi connectivity index (χ1v) is 6.99. The van der Waals surface area contributed by atoms with E-state index in [2.05, 4.69) is 4.98 Å². The molecule has 1 atom stereocenters. The molecule has 0 amide bonds. The number of aryl methyl sites for hydroxylation is 1. The zero-order chi connectivity index (χ0) is 13.0. The van der Waals surface area contributed by atoms with Gasteiger partial charge < -0.3 is 10.8 Å². The highest BCUT2D eigenvalue weighted by atomic mass is 16.3. The van der Waals surface area contributed by atoms with Crippen LogP contribution in [0.5, 0.6) is 0 Å². The van der Waals surface area contributed by atoms with Crippen molar-refractivity contribution in [3.8, 4) is 0 Å². The maximum Gasteiger partial charge on any atom is 0.103 e. The van der Waals surface area contributed by atoms with Crippen molar-refractivity contribution >= 4 is 0 Å². The fraction of sp³-hybridized carbons (Fsp3) is 0.667. The largest absolute Gasteiger partial charge is 0.386 e. The minimum absolute atomic E-state index is 0.168. The molecular formula is C15H24N2O. The van der Waals surface area contributed by atoms with Crippen LogP contribution < -0.4 is 5.73 Å². The Kier molecular flexibility index (Phi) is 4.36. The van der Waals surface area contributed by atoms with Gasteiger partial charge in [-0.2, -0.15) is 0 Å². The number of hydrogen-bond donors (Lipinski definition) is 2. The van der Waals surface area contributed by atoms with Crippen LogP contribution in [0, 0.1) is 12.3 Å². The van der Waals surface area contributed by atoms with Crippen molar-refractivity contribution in [2.24, 2.45) is 11.1 Å². The Labute approximate surface area is 109 Å². The molecule has 1 saturated carbocycles.